The van der Waals surface area contributed by atoms with Crippen molar-refractivity contribution in [2.75, 3.05) is 0 Å². The number of amides is 1. The van der Waals surface area contributed by atoms with Crippen LogP contribution in [0.1, 0.15) is 44.1 Å². The highest BCUT2D eigenvalue weighted by molar-refractivity contribution is 5.77. The lowest BCUT2D eigenvalue weighted by Crippen LogP contribution is -2.50. The summed E-state index contributed by atoms with van der Waals surface area (Å²) in [5.74, 6) is 0.348. The van der Waals surface area contributed by atoms with E-state index in [1.54, 1.807) is 0 Å². The van der Waals surface area contributed by atoms with Gasteiger partial charge in [-0.2, -0.15) is 0 Å². The molecule has 2 heterocycles. The number of hydrogen-bond donors (Lipinski definition) is 1. The number of benzene rings is 1. The van der Waals surface area contributed by atoms with E-state index in [9.17, 15) is 4.79 Å². The normalized spacial score (nSPS) is 28.6. The van der Waals surface area contributed by atoms with Crippen LogP contribution in [0.2, 0.25) is 0 Å². The minimum atomic E-state index is 0.306. The second kappa shape index (κ2) is 5.96. The maximum absolute atomic E-state index is 12.4. The molecule has 2 aliphatic rings. The maximum Gasteiger partial charge on any atom is 0.223 e. The highest BCUT2D eigenvalue weighted by Crippen LogP contribution is 2.35. The number of fused-ring (bicyclic) bond motifs is 2. The number of carbonyl (C=O) groups excluding carboxylic acids is 1. The summed E-state index contributed by atoms with van der Waals surface area (Å²) < 4.78 is 0. The van der Waals surface area contributed by atoms with Gasteiger partial charge >= 0.3 is 0 Å². The molecule has 20 heavy (non-hydrogen) atoms. The van der Waals surface area contributed by atoms with Gasteiger partial charge in [0.1, 0.15) is 0 Å². The van der Waals surface area contributed by atoms with Crippen LogP contribution in [0.15, 0.2) is 30.3 Å². The van der Waals surface area contributed by atoms with E-state index in [-0.39, 0.29) is 0 Å². The summed E-state index contributed by atoms with van der Waals surface area (Å²) in [5, 5.41) is 0. The molecule has 2 bridgehead atoms. The monoisotopic (exact) mass is 272 g/mol. The number of hydrogen-bond acceptors (Lipinski definition) is 2. The number of nitrogens with zero attached hydrogens (tertiary/aromatic N) is 1. The van der Waals surface area contributed by atoms with Gasteiger partial charge in [0.15, 0.2) is 0 Å². The van der Waals surface area contributed by atoms with E-state index in [0.29, 0.717) is 30.5 Å². The van der Waals surface area contributed by atoms with Crippen LogP contribution in [-0.4, -0.2) is 28.9 Å². The van der Waals surface area contributed by atoms with Crippen LogP contribution < -0.4 is 5.73 Å². The quantitative estimate of drug-likeness (QED) is 0.915. The Morgan fingerprint density at radius 3 is 2.45 bits per heavy atom. The maximum atomic E-state index is 12.4. The Morgan fingerprint density at radius 2 is 1.80 bits per heavy atom. The van der Waals surface area contributed by atoms with Gasteiger partial charge in [-0.25, -0.2) is 0 Å². The summed E-state index contributed by atoms with van der Waals surface area (Å²) in [7, 11) is 0. The minimum absolute atomic E-state index is 0.306. The van der Waals surface area contributed by atoms with Crippen LogP contribution in [0.5, 0.6) is 0 Å². The molecule has 1 amide bonds. The van der Waals surface area contributed by atoms with Crippen molar-refractivity contribution >= 4 is 5.91 Å². The van der Waals surface area contributed by atoms with E-state index in [0.717, 1.165) is 38.5 Å². The zero-order valence-electron chi connectivity index (χ0n) is 12.0. The first-order chi connectivity index (χ1) is 9.74. The third-order valence-electron chi connectivity index (χ3n) is 4.76. The van der Waals surface area contributed by atoms with Crippen molar-refractivity contribution in [3.8, 4) is 0 Å². The van der Waals surface area contributed by atoms with Crippen molar-refractivity contribution in [2.45, 2.75) is 63.1 Å². The van der Waals surface area contributed by atoms with Gasteiger partial charge in [-0.3, -0.25) is 4.79 Å². The summed E-state index contributed by atoms with van der Waals surface area (Å²) in [6.45, 7) is 0. The molecule has 3 heteroatoms. The SMILES string of the molecule is NC1CC2CCC(C1)N2C(=O)CCCc1ccccc1. The second-order valence-corrected chi connectivity index (χ2v) is 6.26. The fraction of sp³-hybridized carbons (Fsp3) is 0.588. The van der Waals surface area contributed by atoms with Crippen LogP contribution in [0.3, 0.4) is 0 Å². The first-order valence-corrected chi connectivity index (χ1v) is 7.84. The van der Waals surface area contributed by atoms with E-state index in [4.69, 9.17) is 5.73 Å². The lowest BCUT2D eigenvalue weighted by Gasteiger charge is -2.37. The van der Waals surface area contributed by atoms with Crippen LogP contribution in [0.4, 0.5) is 0 Å². The molecular weight excluding hydrogens is 248 g/mol. The summed E-state index contributed by atoms with van der Waals surface area (Å²) in [4.78, 5) is 14.6. The fourth-order valence-corrected chi connectivity index (χ4v) is 3.84. The predicted molar refractivity (Wildman–Crippen MR) is 80.2 cm³/mol. The summed E-state index contributed by atoms with van der Waals surface area (Å²) >= 11 is 0. The highest BCUT2D eigenvalue weighted by Gasteiger charge is 2.41. The largest absolute Gasteiger partial charge is 0.337 e. The molecule has 1 aromatic rings. The summed E-state index contributed by atoms with van der Waals surface area (Å²) in [6.07, 6.45) is 6.94. The Bertz CT molecular complexity index is 445. The lowest BCUT2D eigenvalue weighted by molar-refractivity contribution is -0.135. The fourth-order valence-electron chi connectivity index (χ4n) is 3.84. The van der Waals surface area contributed by atoms with Gasteiger partial charge in [-0.05, 0) is 44.1 Å². The molecule has 0 aliphatic carbocycles. The zero-order chi connectivity index (χ0) is 13.9. The molecule has 3 rings (SSSR count). The minimum Gasteiger partial charge on any atom is -0.337 e. The van der Waals surface area contributed by atoms with Crippen molar-refractivity contribution in [1.29, 1.82) is 0 Å². The third-order valence-corrected chi connectivity index (χ3v) is 4.76. The Hall–Kier alpha value is -1.35. The molecule has 0 saturated carbocycles. The van der Waals surface area contributed by atoms with Crippen LogP contribution in [-0.2, 0) is 11.2 Å². The van der Waals surface area contributed by atoms with E-state index in [1.165, 1.54) is 5.56 Å². The van der Waals surface area contributed by atoms with Gasteiger partial charge in [0.05, 0.1) is 0 Å². The van der Waals surface area contributed by atoms with E-state index in [2.05, 4.69) is 29.2 Å². The van der Waals surface area contributed by atoms with Crippen LogP contribution >= 0.6 is 0 Å². The van der Waals surface area contributed by atoms with Gasteiger partial charge in [-0.15, -0.1) is 0 Å². The highest BCUT2D eigenvalue weighted by atomic mass is 16.2. The van der Waals surface area contributed by atoms with Crippen molar-refractivity contribution in [3.63, 3.8) is 0 Å². The molecule has 108 valence electrons. The predicted octanol–water partition coefficient (Wildman–Crippen LogP) is 2.49. The molecule has 2 fully saturated rings. The second-order valence-electron chi connectivity index (χ2n) is 6.26. The molecule has 3 nitrogen and oxygen atoms in total. The van der Waals surface area contributed by atoms with Gasteiger partial charge < -0.3 is 10.6 Å². The molecule has 2 unspecified atom stereocenters. The van der Waals surface area contributed by atoms with E-state index >= 15 is 0 Å². The van der Waals surface area contributed by atoms with E-state index in [1.807, 2.05) is 6.07 Å². The third kappa shape index (κ3) is 2.88. The summed E-state index contributed by atoms with van der Waals surface area (Å²) in [6, 6.07) is 11.6. The molecule has 2 aliphatic heterocycles. The Labute approximate surface area is 121 Å². The molecule has 2 saturated heterocycles. The van der Waals surface area contributed by atoms with Crippen molar-refractivity contribution in [2.24, 2.45) is 5.73 Å². The summed E-state index contributed by atoms with van der Waals surface area (Å²) in [5.41, 5.74) is 7.38. The molecule has 2 atom stereocenters. The average Bonchev–Trinajstić information content (AvgIpc) is 2.72. The van der Waals surface area contributed by atoms with Crippen molar-refractivity contribution in [3.05, 3.63) is 35.9 Å². The molecular formula is C17H24N2O. The lowest BCUT2D eigenvalue weighted by atomic mass is 9.97. The Balaban J connectivity index is 1.50. The number of rotatable bonds is 4. The molecule has 0 radical (unpaired) electrons. The smallest absolute Gasteiger partial charge is 0.223 e. The van der Waals surface area contributed by atoms with Gasteiger partial charge in [0.25, 0.3) is 0 Å². The Morgan fingerprint density at radius 1 is 1.15 bits per heavy atom. The number of carbonyl (C=O) groups is 1. The first kappa shape index (κ1) is 13.6. The average molecular weight is 272 g/mol. The van der Waals surface area contributed by atoms with Crippen LogP contribution in [0.25, 0.3) is 0 Å². The van der Waals surface area contributed by atoms with Crippen molar-refractivity contribution < 1.29 is 4.79 Å². The van der Waals surface area contributed by atoms with Gasteiger partial charge in [0.2, 0.25) is 5.91 Å². The van der Waals surface area contributed by atoms with Crippen molar-refractivity contribution in [1.82, 2.24) is 4.90 Å². The standard InChI is InChI=1S/C17H24N2O/c18-14-11-15-9-10-16(12-14)19(15)17(20)8-4-7-13-5-2-1-3-6-13/h1-3,5-6,14-16H,4,7-12,18H2. The molecule has 0 spiro atoms. The van der Waals surface area contributed by atoms with E-state index < -0.39 is 0 Å². The molecule has 2 N–H and O–H groups in total. The first-order valence-electron chi connectivity index (χ1n) is 7.84. The number of piperidine rings is 1. The number of nitrogens with two attached hydrogens (primary N) is 1. The van der Waals surface area contributed by atoms with Gasteiger partial charge in [-0.1, -0.05) is 30.3 Å². The molecule has 0 aromatic heterocycles. The topological polar surface area (TPSA) is 46.3 Å². The molecule has 1 aromatic carbocycles. The van der Waals surface area contributed by atoms with Gasteiger partial charge in [0, 0.05) is 24.5 Å². The number of aryl methyl sites for hydroxylation is 1. The zero-order valence-corrected chi connectivity index (χ0v) is 12.0. The van der Waals surface area contributed by atoms with Crippen LogP contribution in [0, 0.1) is 0 Å². The Kier molecular flexibility index (Phi) is 4.06.